The van der Waals surface area contributed by atoms with Crippen molar-refractivity contribution in [3.63, 3.8) is 0 Å². The quantitative estimate of drug-likeness (QED) is 0.622. The molecule has 3 rings (SSSR count). The van der Waals surface area contributed by atoms with E-state index >= 15 is 0 Å². The number of nitrogens with zero attached hydrogens (tertiary/aromatic N) is 3. The maximum absolute atomic E-state index is 12.5. The lowest BCUT2D eigenvalue weighted by atomic mass is 10.1. The van der Waals surface area contributed by atoms with Crippen LogP contribution < -0.4 is 16.2 Å². The fraction of sp³-hybridized carbons (Fsp3) is 0.391. The number of aromatic nitrogens is 2. The molecule has 1 saturated heterocycles. The van der Waals surface area contributed by atoms with Gasteiger partial charge in [-0.25, -0.2) is 4.68 Å². The average molecular weight is 424 g/mol. The van der Waals surface area contributed by atoms with E-state index in [9.17, 15) is 14.4 Å². The van der Waals surface area contributed by atoms with E-state index in [2.05, 4.69) is 21.8 Å². The summed E-state index contributed by atoms with van der Waals surface area (Å²) in [5.41, 5.74) is 2.55. The van der Waals surface area contributed by atoms with Crippen molar-refractivity contribution in [2.45, 2.75) is 32.9 Å². The van der Waals surface area contributed by atoms with Crippen molar-refractivity contribution >= 4 is 11.8 Å². The first-order valence-electron chi connectivity index (χ1n) is 10.5. The summed E-state index contributed by atoms with van der Waals surface area (Å²) in [7, 11) is 0. The van der Waals surface area contributed by atoms with Crippen LogP contribution in [0.5, 0.6) is 0 Å². The van der Waals surface area contributed by atoms with Gasteiger partial charge in [0, 0.05) is 37.8 Å². The molecule has 1 aliphatic heterocycles. The van der Waals surface area contributed by atoms with Gasteiger partial charge >= 0.3 is 0 Å². The lowest BCUT2D eigenvalue weighted by Crippen LogP contribution is -2.56. The highest BCUT2D eigenvalue weighted by atomic mass is 16.2. The second-order valence-electron chi connectivity index (χ2n) is 7.78. The zero-order chi connectivity index (χ0) is 22.2. The fourth-order valence-electron chi connectivity index (χ4n) is 3.42. The van der Waals surface area contributed by atoms with Crippen molar-refractivity contribution in [3.8, 4) is 11.3 Å². The SMILES string of the molecule is CC(C)=CCN1CCNC(=O)C1CC(=O)NCCn1nc(-c2ccccc2)ccc1=O. The van der Waals surface area contributed by atoms with Gasteiger partial charge in [0.05, 0.1) is 24.7 Å². The first kappa shape index (κ1) is 22.4. The van der Waals surface area contributed by atoms with E-state index < -0.39 is 6.04 Å². The normalized spacial score (nSPS) is 16.5. The molecule has 31 heavy (non-hydrogen) atoms. The summed E-state index contributed by atoms with van der Waals surface area (Å²) in [6.45, 7) is 6.46. The summed E-state index contributed by atoms with van der Waals surface area (Å²) in [5, 5.41) is 10.0. The van der Waals surface area contributed by atoms with Crippen molar-refractivity contribution in [3.05, 3.63) is 64.5 Å². The minimum atomic E-state index is -0.494. The molecule has 164 valence electrons. The first-order chi connectivity index (χ1) is 14.9. The summed E-state index contributed by atoms with van der Waals surface area (Å²) >= 11 is 0. The van der Waals surface area contributed by atoms with E-state index in [4.69, 9.17) is 0 Å². The minimum absolute atomic E-state index is 0.0782. The zero-order valence-corrected chi connectivity index (χ0v) is 18.0. The van der Waals surface area contributed by atoms with Crippen molar-refractivity contribution in [1.82, 2.24) is 25.3 Å². The van der Waals surface area contributed by atoms with Crippen LogP contribution >= 0.6 is 0 Å². The van der Waals surface area contributed by atoms with E-state index in [1.807, 2.05) is 49.1 Å². The topological polar surface area (TPSA) is 96.3 Å². The van der Waals surface area contributed by atoms with Crippen LogP contribution in [0.25, 0.3) is 11.3 Å². The molecule has 8 heteroatoms. The summed E-state index contributed by atoms with van der Waals surface area (Å²) in [6, 6.07) is 12.3. The second kappa shape index (κ2) is 10.7. The molecule has 8 nitrogen and oxygen atoms in total. The van der Waals surface area contributed by atoms with Crippen molar-refractivity contribution < 1.29 is 9.59 Å². The van der Waals surface area contributed by atoms with Crippen LogP contribution in [0.15, 0.2) is 58.9 Å². The Hall–Kier alpha value is -3.26. The molecule has 1 atom stereocenters. The number of carbonyl (C=O) groups is 2. The van der Waals surface area contributed by atoms with Gasteiger partial charge in [-0.2, -0.15) is 5.10 Å². The summed E-state index contributed by atoms with van der Waals surface area (Å²) in [4.78, 5) is 38.9. The second-order valence-corrected chi connectivity index (χ2v) is 7.78. The van der Waals surface area contributed by atoms with Gasteiger partial charge in [0.1, 0.15) is 0 Å². The van der Waals surface area contributed by atoms with E-state index in [-0.39, 0.29) is 36.9 Å². The number of piperazine rings is 1. The third-order valence-corrected chi connectivity index (χ3v) is 5.14. The molecule has 0 spiro atoms. The molecule has 0 bridgehead atoms. The van der Waals surface area contributed by atoms with Gasteiger partial charge in [-0.1, -0.05) is 42.0 Å². The van der Waals surface area contributed by atoms with Gasteiger partial charge in [0.15, 0.2) is 0 Å². The Balaban J connectivity index is 1.56. The number of carbonyl (C=O) groups excluding carboxylic acids is 2. The molecule has 2 heterocycles. The van der Waals surface area contributed by atoms with Gasteiger partial charge < -0.3 is 10.6 Å². The molecule has 2 aromatic rings. The average Bonchev–Trinajstić information content (AvgIpc) is 2.76. The molecule has 0 radical (unpaired) electrons. The minimum Gasteiger partial charge on any atom is -0.354 e. The van der Waals surface area contributed by atoms with E-state index in [0.29, 0.717) is 25.3 Å². The number of hydrogen-bond donors (Lipinski definition) is 2. The van der Waals surface area contributed by atoms with Crippen LogP contribution in [0.1, 0.15) is 20.3 Å². The molecule has 0 saturated carbocycles. The number of rotatable bonds is 8. The zero-order valence-electron chi connectivity index (χ0n) is 18.0. The summed E-state index contributed by atoms with van der Waals surface area (Å²) < 4.78 is 1.34. The van der Waals surface area contributed by atoms with Crippen molar-refractivity contribution in [2.24, 2.45) is 0 Å². The van der Waals surface area contributed by atoms with Crippen LogP contribution in [0.4, 0.5) is 0 Å². The predicted molar refractivity (Wildman–Crippen MR) is 119 cm³/mol. The van der Waals surface area contributed by atoms with E-state index in [0.717, 1.165) is 5.56 Å². The highest BCUT2D eigenvalue weighted by Crippen LogP contribution is 2.14. The van der Waals surface area contributed by atoms with Crippen LogP contribution in [-0.4, -0.2) is 58.7 Å². The lowest BCUT2D eigenvalue weighted by molar-refractivity contribution is -0.133. The summed E-state index contributed by atoms with van der Waals surface area (Å²) in [6.07, 6.45) is 2.14. The molecule has 1 unspecified atom stereocenters. The van der Waals surface area contributed by atoms with Crippen LogP contribution in [0, 0.1) is 0 Å². The monoisotopic (exact) mass is 423 g/mol. The number of nitrogens with one attached hydrogen (secondary N) is 2. The maximum Gasteiger partial charge on any atom is 0.266 e. The van der Waals surface area contributed by atoms with Crippen LogP contribution in [0.3, 0.4) is 0 Å². The summed E-state index contributed by atoms with van der Waals surface area (Å²) in [5.74, 6) is -0.353. The molecule has 2 amide bonds. The van der Waals surface area contributed by atoms with Crippen molar-refractivity contribution in [2.75, 3.05) is 26.2 Å². The van der Waals surface area contributed by atoms with Gasteiger partial charge in [0.25, 0.3) is 5.56 Å². The third-order valence-electron chi connectivity index (χ3n) is 5.14. The fourth-order valence-corrected chi connectivity index (χ4v) is 3.42. The van der Waals surface area contributed by atoms with Gasteiger partial charge in [-0.15, -0.1) is 0 Å². The number of hydrogen-bond acceptors (Lipinski definition) is 5. The molecule has 1 aliphatic rings. The molecule has 1 fully saturated rings. The molecular formula is C23H29N5O3. The van der Waals surface area contributed by atoms with Gasteiger partial charge in [0.2, 0.25) is 11.8 Å². The largest absolute Gasteiger partial charge is 0.354 e. The highest BCUT2D eigenvalue weighted by molar-refractivity contribution is 5.88. The number of amides is 2. The smallest absolute Gasteiger partial charge is 0.266 e. The van der Waals surface area contributed by atoms with Gasteiger partial charge in [-0.05, 0) is 19.9 Å². The molecule has 0 aliphatic carbocycles. The Morgan fingerprint density at radius 2 is 1.97 bits per heavy atom. The lowest BCUT2D eigenvalue weighted by Gasteiger charge is -2.34. The maximum atomic E-state index is 12.5. The van der Waals surface area contributed by atoms with E-state index in [1.54, 1.807) is 6.07 Å². The van der Waals surface area contributed by atoms with Crippen LogP contribution in [0.2, 0.25) is 0 Å². The Morgan fingerprint density at radius 1 is 1.19 bits per heavy atom. The Morgan fingerprint density at radius 3 is 2.71 bits per heavy atom. The highest BCUT2D eigenvalue weighted by Gasteiger charge is 2.30. The first-order valence-corrected chi connectivity index (χ1v) is 10.5. The molecule has 1 aromatic carbocycles. The third kappa shape index (κ3) is 6.36. The van der Waals surface area contributed by atoms with Crippen LogP contribution in [-0.2, 0) is 16.1 Å². The van der Waals surface area contributed by atoms with E-state index in [1.165, 1.54) is 16.3 Å². The molecule has 2 N–H and O–H groups in total. The number of allylic oxidation sites excluding steroid dienone is 1. The Labute approximate surface area is 181 Å². The van der Waals surface area contributed by atoms with Crippen molar-refractivity contribution in [1.29, 1.82) is 0 Å². The Bertz CT molecular complexity index is 996. The standard InChI is InChI=1S/C23H29N5O3/c1-17(2)10-13-27-14-11-25-23(31)20(27)16-21(29)24-12-15-28-22(30)9-8-19(26-28)18-6-4-3-5-7-18/h3-10,20H,11-16H2,1-2H3,(H,24,29)(H,25,31). The molecule has 1 aromatic heterocycles. The van der Waals surface area contributed by atoms with Gasteiger partial charge in [-0.3, -0.25) is 19.3 Å². The molecular weight excluding hydrogens is 394 g/mol. The Kier molecular flexibility index (Phi) is 7.72. The number of benzene rings is 1. The predicted octanol–water partition coefficient (Wildman–Crippen LogP) is 1.18.